The highest BCUT2D eigenvalue weighted by Crippen LogP contribution is 2.39. The third-order valence-electron chi connectivity index (χ3n) is 2.58. The van der Waals surface area contributed by atoms with Gasteiger partial charge in [0.1, 0.15) is 0 Å². The lowest BCUT2D eigenvalue weighted by Gasteiger charge is -2.03. The zero-order valence-corrected chi connectivity index (χ0v) is 7.72. The summed E-state index contributed by atoms with van der Waals surface area (Å²) in [6.45, 7) is 0.409. The molecule has 5 heteroatoms. The Morgan fingerprint density at radius 1 is 1.43 bits per heavy atom. The van der Waals surface area contributed by atoms with Crippen LogP contribution < -0.4 is 5.73 Å². The fourth-order valence-corrected chi connectivity index (χ4v) is 1.74. The molecule has 0 spiro atoms. The Hall–Kier alpha value is -1.49. The molecule has 2 aromatic heterocycles. The number of nitrogens with two attached hydrogens (primary N) is 1. The number of nitrogens with zero attached hydrogens (tertiary/aromatic N) is 4. The van der Waals surface area contributed by atoms with Crippen LogP contribution in [0.1, 0.15) is 30.3 Å². The summed E-state index contributed by atoms with van der Waals surface area (Å²) in [5.41, 5.74) is 6.85. The maximum absolute atomic E-state index is 5.60. The third-order valence-corrected chi connectivity index (χ3v) is 2.58. The van der Waals surface area contributed by atoms with Gasteiger partial charge in [-0.05, 0) is 24.8 Å². The summed E-state index contributed by atoms with van der Waals surface area (Å²) in [6.07, 6.45) is 4.29. The molecule has 72 valence electrons. The minimum Gasteiger partial charge on any atom is -0.324 e. The standard InChI is InChI=1S/C9H11N5/c10-5-8-12-13-9-11-4-3-7(14(8)9)6-1-2-6/h3-4,6H,1-2,5,10H2. The van der Waals surface area contributed by atoms with Crippen molar-refractivity contribution in [2.45, 2.75) is 25.3 Å². The van der Waals surface area contributed by atoms with Crippen LogP contribution in [0.2, 0.25) is 0 Å². The molecule has 0 bridgehead atoms. The summed E-state index contributed by atoms with van der Waals surface area (Å²) in [5, 5.41) is 7.99. The fraction of sp³-hybridized carbons (Fsp3) is 0.444. The Balaban J connectivity index is 2.30. The van der Waals surface area contributed by atoms with Crippen LogP contribution in [0.15, 0.2) is 12.3 Å². The van der Waals surface area contributed by atoms with Crippen molar-refractivity contribution in [2.24, 2.45) is 5.73 Å². The highest BCUT2D eigenvalue weighted by molar-refractivity contribution is 5.33. The van der Waals surface area contributed by atoms with Gasteiger partial charge >= 0.3 is 0 Å². The number of hydrogen-bond acceptors (Lipinski definition) is 4. The Morgan fingerprint density at radius 2 is 2.29 bits per heavy atom. The van der Waals surface area contributed by atoms with Gasteiger partial charge in [0.15, 0.2) is 5.82 Å². The lowest BCUT2D eigenvalue weighted by Crippen LogP contribution is -2.06. The van der Waals surface area contributed by atoms with E-state index in [4.69, 9.17) is 5.73 Å². The van der Waals surface area contributed by atoms with Crippen LogP contribution in [0, 0.1) is 0 Å². The molecule has 1 aliphatic rings. The number of rotatable bonds is 2. The average Bonchev–Trinajstić information content (AvgIpc) is 2.97. The molecular weight excluding hydrogens is 178 g/mol. The second kappa shape index (κ2) is 2.75. The van der Waals surface area contributed by atoms with Crippen LogP contribution in [0.5, 0.6) is 0 Å². The van der Waals surface area contributed by atoms with Gasteiger partial charge in [0, 0.05) is 11.9 Å². The van der Waals surface area contributed by atoms with E-state index in [1.165, 1.54) is 18.5 Å². The molecule has 0 saturated heterocycles. The average molecular weight is 189 g/mol. The predicted octanol–water partition coefficient (Wildman–Crippen LogP) is 0.460. The lowest BCUT2D eigenvalue weighted by atomic mass is 10.3. The molecule has 5 nitrogen and oxygen atoms in total. The lowest BCUT2D eigenvalue weighted by molar-refractivity contribution is 0.838. The summed E-state index contributed by atoms with van der Waals surface area (Å²) in [4.78, 5) is 4.15. The van der Waals surface area contributed by atoms with Crippen LogP contribution in [0.4, 0.5) is 0 Å². The largest absolute Gasteiger partial charge is 0.324 e. The molecule has 1 saturated carbocycles. The van der Waals surface area contributed by atoms with E-state index in [1.807, 2.05) is 10.5 Å². The van der Waals surface area contributed by atoms with E-state index in [0.717, 1.165) is 5.82 Å². The molecule has 0 aromatic carbocycles. The predicted molar refractivity (Wildman–Crippen MR) is 50.6 cm³/mol. The van der Waals surface area contributed by atoms with Crippen molar-refractivity contribution in [3.63, 3.8) is 0 Å². The Bertz CT molecular complexity index is 471. The highest BCUT2D eigenvalue weighted by atomic mass is 15.3. The number of fused-ring (bicyclic) bond motifs is 1. The Labute approximate surface area is 81.0 Å². The minimum atomic E-state index is 0.409. The van der Waals surface area contributed by atoms with Crippen molar-refractivity contribution >= 4 is 5.78 Å². The summed E-state index contributed by atoms with van der Waals surface area (Å²) >= 11 is 0. The van der Waals surface area contributed by atoms with Crippen molar-refractivity contribution in [1.29, 1.82) is 0 Å². The quantitative estimate of drug-likeness (QED) is 0.745. The molecule has 0 radical (unpaired) electrons. The van der Waals surface area contributed by atoms with Gasteiger partial charge in [-0.1, -0.05) is 0 Å². The molecule has 2 N–H and O–H groups in total. The SMILES string of the molecule is NCc1nnc2nccc(C3CC3)n12. The van der Waals surface area contributed by atoms with E-state index in [9.17, 15) is 0 Å². The topological polar surface area (TPSA) is 69.1 Å². The summed E-state index contributed by atoms with van der Waals surface area (Å²) in [7, 11) is 0. The van der Waals surface area contributed by atoms with Gasteiger partial charge in [0.05, 0.1) is 6.54 Å². The first-order valence-corrected chi connectivity index (χ1v) is 4.79. The number of aromatic nitrogens is 4. The van der Waals surface area contributed by atoms with Gasteiger partial charge in [0.25, 0.3) is 5.78 Å². The van der Waals surface area contributed by atoms with Gasteiger partial charge in [-0.15, -0.1) is 10.2 Å². The highest BCUT2D eigenvalue weighted by Gasteiger charge is 2.27. The monoisotopic (exact) mass is 189 g/mol. The maximum atomic E-state index is 5.60. The van der Waals surface area contributed by atoms with Crippen molar-refractivity contribution < 1.29 is 0 Å². The molecule has 1 fully saturated rings. The van der Waals surface area contributed by atoms with E-state index >= 15 is 0 Å². The van der Waals surface area contributed by atoms with E-state index in [-0.39, 0.29) is 0 Å². The van der Waals surface area contributed by atoms with Crippen LogP contribution in [-0.4, -0.2) is 19.6 Å². The Kier molecular flexibility index (Phi) is 1.55. The van der Waals surface area contributed by atoms with E-state index in [2.05, 4.69) is 15.2 Å². The van der Waals surface area contributed by atoms with Gasteiger partial charge in [0.2, 0.25) is 0 Å². The van der Waals surface area contributed by atoms with Crippen molar-refractivity contribution in [1.82, 2.24) is 19.6 Å². The van der Waals surface area contributed by atoms with Gasteiger partial charge in [-0.25, -0.2) is 4.98 Å². The van der Waals surface area contributed by atoms with Crippen LogP contribution in [0.3, 0.4) is 0 Å². The molecule has 0 aliphatic heterocycles. The summed E-state index contributed by atoms with van der Waals surface area (Å²) < 4.78 is 1.98. The first kappa shape index (κ1) is 7.87. The molecular formula is C9H11N5. The van der Waals surface area contributed by atoms with Gasteiger partial charge in [-0.2, -0.15) is 0 Å². The van der Waals surface area contributed by atoms with Gasteiger partial charge < -0.3 is 5.73 Å². The van der Waals surface area contributed by atoms with Crippen LogP contribution in [-0.2, 0) is 6.54 Å². The van der Waals surface area contributed by atoms with Gasteiger partial charge in [-0.3, -0.25) is 4.40 Å². The molecule has 0 unspecified atom stereocenters. The zero-order chi connectivity index (χ0) is 9.54. The summed E-state index contributed by atoms with van der Waals surface area (Å²) in [5.74, 6) is 2.12. The second-order valence-corrected chi connectivity index (χ2v) is 3.60. The van der Waals surface area contributed by atoms with E-state index < -0.39 is 0 Å². The van der Waals surface area contributed by atoms with Crippen molar-refractivity contribution in [3.05, 3.63) is 23.8 Å². The zero-order valence-electron chi connectivity index (χ0n) is 7.72. The molecule has 2 aromatic rings. The molecule has 1 aliphatic carbocycles. The first-order valence-electron chi connectivity index (χ1n) is 4.79. The minimum absolute atomic E-state index is 0.409. The molecule has 14 heavy (non-hydrogen) atoms. The molecule has 3 rings (SSSR count). The maximum Gasteiger partial charge on any atom is 0.255 e. The Morgan fingerprint density at radius 3 is 3.00 bits per heavy atom. The first-order chi connectivity index (χ1) is 6.90. The van der Waals surface area contributed by atoms with Crippen LogP contribution in [0.25, 0.3) is 5.78 Å². The fourth-order valence-electron chi connectivity index (χ4n) is 1.74. The molecule has 0 amide bonds. The number of hydrogen-bond donors (Lipinski definition) is 1. The van der Waals surface area contributed by atoms with E-state index in [1.54, 1.807) is 6.20 Å². The van der Waals surface area contributed by atoms with E-state index in [0.29, 0.717) is 18.2 Å². The van der Waals surface area contributed by atoms with Crippen molar-refractivity contribution in [3.8, 4) is 0 Å². The third kappa shape index (κ3) is 1.02. The molecule has 0 atom stereocenters. The second-order valence-electron chi connectivity index (χ2n) is 3.60. The van der Waals surface area contributed by atoms with Crippen LogP contribution >= 0.6 is 0 Å². The summed E-state index contributed by atoms with van der Waals surface area (Å²) in [6, 6.07) is 2.03. The smallest absolute Gasteiger partial charge is 0.255 e. The normalized spacial score (nSPS) is 16.4. The van der Waals surface area contributed by atoms with Crippen molar-refractivity contribution in [2.75, 3.05) is 0 Å². The molecule has 2 heterocycles.